The van der Waals surface area contributed by atoms with E-state index in [1.165, 1.54) is 6.33 Å². The van der Waals surface area contributed by atoms with Crippen molar-refractivity contribution in [1.82, 2.24) is 19.9 Å². The van der Waals surface area contributed by atoms with E-state index in [1.807, 2.05) is 12.1 Å². The van der Waals surface area contributed by atoms with Crippen molar-refractivity contribution in [2.45, 2.75) is 0 Å². The van der Waals surface area contributed by atoms with Crippen LogP contribution in [0.25, 0.3) is 11.2 Å². The van der Waals surface area contributed by atoms with Gasteiger partial charge in [0.05, 0.1) is 6.33 Å². The Bertz CT molecular complexity index is 786. The molecule has 0 saturated carbocycles. The van der Waals surface area contributed by atoms with Gasteiger partial charge in [-0.25, -0.2) is 4.98 Å². The van der Waals surface area contributed by atoms with Crippen molar-refractivity contribution in [2.75, 3.05) is 5.32 Å². The molecule has 0 aliphatic rings. The highest BCUT2D eigenvalue weighted by molar-refractivity contribution is 14.1. The molecule has 3 rings (SSSR count). The zero-order chi connectivity index (χ0) is 14.1. The van der Waals surface area contributed by atoms with Crippen LogP contribution >= 0.6 is 34.2 Å². The second-order valence-corrected chi connectivity index (χ2v) is 5.50. The smallest absolute Gasteiger partial charge is 0.258 e. The quantitative estimate of drug-likeness (QED) is 0.513. The Labute approximate surface area is 132 Å². The highest BCUT2D eigenvalue weighted by atomic mass is 127. The van der Waals surface area contributed by atoms with E-state index in [4.69, 9.17) is 11.6 Å². The second-order valence-electron chi connectivity index (χ2n) is 3.90. The van der Waals surface area contributed by atoms with Crippen LogP contribution in [0.5, 0.6) is 0 Å². The van der Waals surface area contributed by atoms with Crippen molar-refractivity contribution >= 4 is 57.2 Å². The molecule has 0 aliphatic heterocycles. The largest absolute Gasteiger partial charge is 0.341 e. The standard InChI is InChI=1S/C12H7ClIN5O/c13-9-8-10(16-5-15-8)18-12(17-9)19-11(20)6-1-3-7(14)4-2-6/h1-5H,(H2,15,16,17,18,19,20). The molecule has 0 bridgehead atoms. The van der Waals surface area contributed by atoms with Crippen molar-refractivity contribution in [2.24, 2.45) is 0 Å². The van der Waals surface area contributed by atoms with Gasteiger partial charge >= 0.3 is 0 Å². The molecule has 0 saturated heterocycles. The monoisotopic (exact) mass is 399 g/mol. The van der Waals surface area contributed by atoms with Crippen LogP contribution in [0.2, 0.25) is 5.15 Å². The van der Waals surface area contributed by atoms with E-state index in [-0.39, 0.29) is 17.0 Å². The van der Waals surface area contributed by atoms with Crippen molar-refractivity contribution in [3.05, 3.63) is 44.9 Å². The van der Waals surface area contributed by atoms with Gasteiger partial charge < -0.3 is 4.98 Å². The van der Waals surface area contributed by atoms with E-state index < -0.39 is 0 Å². The summed E-state index contributed by atoms with van der Waals surface area (Å²) in [7, 11) is 0. The van der Waals surface area contributed by atoms with Crippen molar-refractivity contribution in [1.29, 1.82) is 0 Å². The molecule has 2 N–H and O–H groups in total. The lowest BCUT2D eigenvalue weighted by Crippen LogP contribution is -2.14. The summed E-state index contributed by atoms with van der Waals surface area (Å²) in [4.78, 5) is 27.0. The van der Waals surface area contributed by atoms with Gasteiger partial charge in [0.15, 0.2) is 10.8 Å². The first-order chi connectivity index (χ1) is 9.63. The van der Waals surface area contributed by atoms with Crippen LogP contribution in [-0.2, 0) is 0 Å². The maximum atomic E-state index is 12.0. The Hall–Kier alpha value is -1.74. The molecular formula is C12H7ClIN5O. The number of amides is 1. The molecule has 0 fully saturated rings. The minimum absolute atomic E-state index is 0.123. The number of halogens is 2. The summed E-state index contributed by atoms with van der Waals surface area (Å²) in [5, 5.41) is 2.81. The molecule has 1 amide bonds. The number of nitrogens with one attached hydrogen (secondary N) is 2. The third kappa shape index (κ3) is 2.59. The summed E-state index contributed by atoms with van der Waals surface area (Å²) in [5.74, 6) is -0.175. The molecule has 6 nitrogen and oxygen atoms in total. The molecule has 0 atom stereocenters. The van der Waals surface area contributed by atoms with Gasteiger partial charge in [0.2, 0.25) is 5.95 Å². The fraction of sp³-hybridized carbons (Fsp3) is 0. The Balaban J connectivity index is 1.88. The molecule has 100 valence electrons. The van der Waals surface area contributed by atoms with Gasteiger partial charge in [0, 0.05) is 9.13 Å². The van der Waals surface area contributed by atoms with Gasteiger partial charge in [-0.3, -0.25) is 10.1 Å². The van der Waals surface area contributed by atoms with Crippen molar-refractivity contribution in [3.63, 3.8) is 0 Å². The maximum Gasteiger partial charge on any atom is 0.258 e. The molecule has 2 aromatic heterocycles. The fourth-order valence-corrected chi connectivity index (χ4v) is 2.21. The topological polar surface area (TPSA) is 83.6 Å². The van der Waals surface area contributed by atoms with Gasteiger partial charge in [0.25, 0.3) is 5.91 Å². The number of hydrogen-bond donors (Lipinski definition) is 2. The van der Waals surface area contributed by atoms with Gasteiger partial charge in [-0.15, -0.1) is 0 Å². The van der Waals surface area contributed by atoms with Gasteiger partial charge in [0.1, 0.15) is 5.52 Å². The van der Waals surface area contributed by atoms with E-state index in [0.29, 0.717) is 16.7 Å². The van der Waals surface area contributed by atoms with Crippen LogP contribution in [0.15, 0.2) is 30.6 Å². The zero-order valence-corrected chi connectivity index (χ0v) is 12.8. The Morgan fingerprint density at radius 1 is 1.25 bits per heavy atom. The number of carbonyl (C=O) groups excluding carboxylic acids is 1. The van der Waals surface area contributed by atoms with Crippen LogP contribution in [0.3, 0.4) is 0 Å². The first-order valence-corrected chi connectivity index (χ1v) is 7.03. The number of carbonyl (C=O) groups is 1. The predicted octanol–water partition coefficient (Wildman–Crippen LogP) is 2.86. The lowest BCUT2D eigenvalue weighted by Gasteiger charge is -2.04. The Morgan fingerprint density at radius 3 is 2.75 bits per heavy atom. The number of imidazole rings is 1. The minimum Gasteiger partial charge on any atom is -0.341 e. The predicted molar refractivity (Wildman–Crippen MR) is 83.8 cm³/mol. The second kappa shape index (κ2) is 5.33. The van der Waals surface area contributed by atoms with E-state index in [2.05, 4.69) is 47.8 Å². The first kappa shape index (κ1) is 13.3. The Morgan fingerprint density at radius 2 is 2.00 bits per heavy atom. The van der Waals surface area contributed by atoms with Gasteiger partial charge in [-0.2, -0.15) is 9.97 Å². The summed E-state index contributed by atoms with van der Waals surface area (Å²) in [6.45, 7) is 0. The lowest BCUT2D eigenvalue weighted by molar-refractivity contribution is 0.102. The zero-order valence-electron chi connectivity index (χ0n) is 9.89. The number of rotatable bonds is 2. The summed E-state index contributed by atoms with van der Waals surface area (Å²) >= 11 is 8.15. The maximum absolute atomic E-state index is 12.0. The molecular weight excluding hydrogens is 393 g/mol. The van der Waals surface area contributed by atoms with Crippen LogP contribution in [0.1, 0.15) is 10.4 Å². The average molecular weight is 400 g/mol. The first-order valence-electron chi connectivity index (χ1n) is 5.57. The number of H-pyrrole nitrogens is 1. The summed E-state index contributed by atoms with van der Waals surface area (Å²) < 4.78 is 1.05. The fourth-order valence-electron chi connectivity index (χ4n) is 1.63. The molecule has 2 heterocycles. The van der Waals surface area contributed by atoms with Gasteiger partial charge in [-0.1, -0.05) is 11.6 Å². The molecule has 1 aromatic carbocycles. The van der Waals surface area contributed by atoms with E-state index in [0.717, 1.165) is 3.57 Å². The molecule has 0 aliphatic carbocycles. The summed E-state index contributed by atoms with van der Waals surface area (Å²) in [6.07, 6.45) is 1.47. The number of fused-ring (bicyclic) bond motifs is 1. The SMILES string of the molecule is O=C(Nc1nc(Cl)c2[nH]cnc2n1)c1ccc(I)cc1. The van der Waals surface area contributed by atoms with Crippen LogP contribution in [0, 0.1) is 3.57 Å². The molecule has 0 radical (unpaired) electrons. The highest BCUT2D eigenvalue weighted by Gasteiger charge is 2.11. The number of aromatic nitrogens is 4. The summed E-state index contributed by atoms with van der Waals surface area (Å²) in [5.41, 5.74) is 1.47. The third-order valence-corrected chi connectivity index (χ3v) is 3.57. The number of benzene rings is 1. The number of aromatic amines is 1. The Kier molecular flexibility index (Phi) is 3.53. The number of anilines is 1. The lowest BCUT2D eigenvalue weighted by atomic mass is 10.2. The molecule has 0 spiro atoms. The van der Waals surface area contributed by atoms with Crippen LogP contribution in [0.4, 0.5) is 5.95 Å². The van der Waals surface area contributed by atoms with Crippen molar-refractivity contribution in [3.8, 4) is 0 Å². The highest BCUT2D eigenvalue weighted by Crippen LogP contribution is 2.18. The molecule has 8 heteroatoms. The van der Waals surface area contributed by atoms with E-state index >= 15 is 0 Å². The third-order valence-electron chi connectivity index (χ3n) is 2.57. The normalized spacial score (nSPS) is 10.7. The minimum atomic E-state index is -0.299. The van der Waals surface area contributed by atoms with Crippen LogP contribution in [-0.4, -0.2) is 25.8 Å². The molecule has 3 aromatic rings. The summed E-state index contributed by atoms with van der Waals surface area (Å²) in [6, 6.07) is 7.15. The van der Waals surface area contributed by atoms with Crippen molar-refractivity contribution < 1.29 is 4.79 Å². The van der Waals surface area contributed by atoms with Gasteiger partial charge in [-0.05, 0) is 46.9 Å². The van der Waals surface area contributed by atoms with E-state index in [1.54, 1.807) is 12.1 Å². The average Bonchev–Trinajstić information content (AvgIpc) is 2.88. The molecule has 20 heavy (non-hydrogen) atoms. The van der Waals surface area contributed by atoms with E-state index in [9.17, 15) is 4.79 Å². The number of nitrogens with zero attached hydrogens (tertiary/aromatic N) is 3. The number of hydrogen-bond acceptors (Lipinski definition) is 4. The van der Waals surface area contributed by atoms with Crippen LogP contribution < -0.4 is 5.32 Å². The molecule has 0 unspecified atom stereocenters.